The van der Waals surface area contributed by atoms with Gasteiger partial charge in [0.2, 0.25) is 0 Å². The van der Waals surface area contributed by atoms with Crippen molar-refractivity contribution in [3.63, 3.8) is 0 Å². The van der Waals surface area contributed by atoms with Crippen molar-refractivity contribution in [1.82, 2.24) is 24.3 Å². The highest BCUT2D eigenvalue weighted by atomic mass is 32.2. The normalized spacial score (nSPS) is 11.0. The van der Waals surface area contributed by atoms with Crippen LogP contribution in [0.3, 0.4) is 0 Å². The van der Waals surface area contributed by atoms with E-state index in [1.54, 1.807) is 28.4 Å². The number of carbonyl (C=O) groups is 1. The third-order valence-electron chi connectivity index (χ3n) is 3.34. The van der Waals surface area contributed by atoms with Crippen LogP contribution in [0.25, 0.3) is 5.13 Å². The maximum absolute atomic E-state index is 12.5. The Hall–Kier alpha value is -1.93. The second-order valence-corrected chi connectivity index (χ2v) is 6.69. The SMILES string of the molecule is Cc1cc(C(=O)CSc2nncn2C)c(C)n1-c1nccs1. The summed E-state index contributed by atoms with van der Waals surface area (Å²) in [6.07, 6.45) is 3.39. The molecule has 0 saturated heterocycles. The first-order chi connectivity index (χ1) is 10.6. The van der Waals surface area contributed by atoms with E-state index in [0.717, 1.165) is 27.2 Å². The molecule has 0 bridgehead atoms. The van der Waals surface area contributed by atoms with E-state index in [-0.39, 0.29) is 5.78 Å². The largest absolute Gasteiger partial charge is 0.312 e. The van der Waals surface area contributed by atoms with Crippen LogP contribution < -0.4 is 0 Å². The molecule has 3 aromatic heterocycles. The number of hydrogen-bond donors (Lipinski definition) is 0. The van der Waals surface area contributed by atoms with Crippen molar-refractivity contribution >= 4 is 28.9 Å². The van der Waals surface area contributed by atoms with Gasteiger partial charge in [-0.25, -0.2) is 4.98 Å². The number of hydrogen-bond acceptors (Lipinski definition) is 6. The molecule has 8 heteroatoms. The number of Topliss-reactive ketones (excluding diaryl/α,β-unsaturated/α-hetero) is 1. The molecule has 0 aromatic carbocycles. The fourth-order valence-electron chi connectivity index (χ4n) is 2.28. The maximum Gasteiger partial charge on any atom is 0.193 e. The monoisotopic (exact) mass is 333 g/mol. The van der Waals surface area contributed by atoms with Crippen LogP contribution in [0.2, 0.25) is 0 Å². The first-order valence-electron chi connectivity index (χ1n) is 6.66. The Morgan fingerprint density at radius 3 is 2.86 bits per heavy atom. The first kappa shape index (κ1) is 15.0. The van der Waals surface area contributed by atoms with Gasteiger partial charge in [0.25, 0.3) is 0 Å². The van der Waals surface area contributed by atoms with Crippen LogP contribution >= 0.6 is 23.1 Å². The van der Waals surface area contributed by atoms with Crippen molar-refractivity contribution in [3.05, 3.63) is 40.9 Å². The molecule has 0 N–H and O–H groups in total. The Morgan fingerprint density at radius 2 is 2.23 bits per heavy atom. The highest BCUT2D eigenvalue weighted by molar-refractivity contribution is 7.99. The molecule has 0 amide bonds. The predicted octanol–water partition coefficient (Wildman–Crippen LogP) is 2.65. The number of carbonyl (C=O) groups excluding carboxylic acids is 1. The van der Waals surface area contributed by atoms with Gasteiger partial charge in [-0.2, -0.15) is 0 Å². The van der Waals surface area contributed by atoms with Crippen LogP contribution in [0, 0.1) is 13.8 Å². The van der Waals surface area contributed by atoms with Gasteiger partial charge in [-0.15, -0.1) is 21.5 Å². The van der Waals surface area contributed by atoms with Crippen molar-refractivity contribution in [3.8, 4) is 5.13 Å². The van der Waals surface area contributed by atoms with E-state index in [1.807, 2.05) is 36.9 Å². The molecule has 0 spiro atoms. The Kier molecular flexibility index (Phi) is 4.12. The smallest absolute Gasteiger partial charge is 0.193 e. The molecule has 6 nitrogen and oxygen atoms in total. The minimum atomic E-state index is 0.0870. The molecule has 3 heterocycles. The molecule has 22 heavy (non-hydrogen) atoms. The molecule has 0 atom stereocenters. The molecule has 0 fully saturated rings. The highest BCUT2D eigenvalue weighted by Gasteiger charge is 2.18. The van der Waals surface area contributed by atoms with Crippen LogP contribution in [0.5, 0.6) is 0 Å². The van der Waals surface area contributed by atoms with Gasteiger partial charge in [0.15, 0.2) is 16.1 Å². The van der Waals surface area contributed by atoms with Crippen LogP contribution in [-0.4, -0.2) is 35.9 Å². The molecular formula is C14H15N5OS2. The lowest BCUT2D eigenvalue weighted by atomic mass is 10.2. The van der Waals surface area contributed by atoms with E-state index in [2.05, 4.69) is 15.2 Å². The summed E-state index contributed by atoms with van der Waals surface area (Å²) in [4.78, 5) is 16.8. The molecule has 0 radical (unpaired) electrons. The van der Waals surface area contributed by atoms with E-state index in [0.29, 0.717) is 5.75 Å². The van der Waals surface area contributed by atoms with E-state index < -0.39 is 0 Å². The summed E-state index contributed by atoms with van der Waals surface area (Å²) in [5.74, 6) is 0.429. The van der Waals surface area contributed by atoms with E-state index in [1.165, 1.54) is 11.8 Å². The molecular weight excluding hydrogens is 318 g/mol. The summed E-state index contributed by atoms with van der Waals surface area (Å²) in [5, 5.41) is 11.3. The number of rotatable bonds is 5. The molecule has 0 aliphatic heterocycles. The third kappa shape index (κ3) is 2.71. The quantitative estimate of drug-likeness (QED) is 0.530. The molecule has 0 aliphatic carbocycles. The number of nitrogens with zero attached hydrogens (tertiary/aromatic N) is 5. The number of ketones is 1. The van der Waals surface area contributed by atoms with E-state index in [9.17, 15) is 4.79 Å². The third-order valence-corrected chi connectivity index (χ3v) is 5.14. The molecule has 3 aromatic rings. The van der Waals surface area contributed by atoms with Gasteiger partial charge in [-0.1, -0.05) is 11.8 Å². The molecule has 0 saturated carbocycles. The Bertz CT molecular complexity index is 803. The van der Waals surface area contributed by atoms with Gasteiger partial charge in [-0.3, -0.25) is 9.36 Å². The summed E-state index contributed by atoms with van der Waals surface area (Å²) < 4.78 is 3.82. The minimum Gasteiger partial charge on any atom is -0.312 e. The standard InChI is InChI=1S/C14H15N5OS2/c1-9-6-11(10(2)19(9)13-15-4-5-21-13)12(20)7-22-14-17-16-8-18(14)3/h4-6,8H,7H2,1-3H3. The second kappa shape index (κ2) is 6.05. The summed E-state index contributed by atoms with van der Waals surface area (Å²) in [6.45, 7) is 3.94. The predicted molar refractivity (Wildman–Crippen MR) is 87.0 cm³/mol. The zero-order valence-corrected chi connectivity index (χ0v) is 14.1. The summed E-state index contributed by atoms with van der Waals surface area (Å²) in [5.41, 5.74) is 2.68. The van der Waals surface area contributed by atoms with E-state index >= 15 is 0 Å². The van der Waals surface area contributed by atoms with Crippen molar-refractivity contribution in [1.29, 1.82) is 0 Å². The Labute approximate surface area is 136 Å². The lowest BCUT2D eigenvalue weighted by molar-refractivity contribution is 0.102. The summed E-state index contributed by atoms with van der Waals surface area (Å²) in [7, 11) is 1.86. The van der Waals surface area contributed by atoms with Gasteiger partial charge < -0.3 is 4.57 Å². The lowest BCUT2D eigenvalue weighted by Gasteiger charge is -2.05. The topological polar surface area (TPSA) is 65.6 Å². The zero-order chi connectivity index (χ0) is 15.7. The number of thiazole rings is 1. The lowest BCUT2D eigenvalue weighted by Crippen LogP contribution is -2.06. The zero-order valence-electron chi connectivity index (χ0n) is 12.5. The van der Waals surface area contributed by atoms with Crippen LogP contribution in [-0.2, 0) is 7.05 Å². The molecule has 3 rings (SSSR count). The Balaban J connectivity index is 1.82. The van der Waals surface area contributed by atoms with Gasteiger partial charge in [0.1, 0.15) is 6.33 Å². The Morgan fingerprint density at radius 1 is 1.41 bits per heavy atom. The van der Waals surface area contributed by atoms with Gasteiger partial charge in [0.05, 0.1) is 5.75 Å². The van der Waals surface area contributed by atoms with Crippen LogP contribution in [0.4, 0.5) is 0 Å². The fourth-order valence-corrected chi connectivity index (χ4v) is 3.80. The number of thioether (sulfide) groups is 1. The minimum absolute atomic E-state index is 0.0870. The van der Waals surface area contributed by atoms with Crippen LogP contribution in [0.15, 0.2) is 29.1 Å². The maximum atomic E-state index is 12.5. The number of aromatic nitrogens is 5. The summed E-state index contributed by atoms with van der Waals surface area (Å²) >= 11 is 2.95. The fraction of sp³-hybridized carbons (Fsp3) is 0.286. The second-order valence-electron chi connectivity index (χ2n) is 4.87. The van der Waals surface area contributed by atoms with Crippen molar-refractivity contribution in [2.75, 3.05) is 5.75 Å². The van der Waals surface area contributed by atoms with Crippen molar-refractivity contribution in [2.45, 2.75) is 19.0 Å². The average Bonchev–Trinajstić information content (AvgIpc) is 3.18. The summed E-state index contributed by atoms with van der Waals surface area (Å²) in [6, 6.07) is 1.93. The van der Waals surface area contributed by atoms with Gasteiger partial charge in [-0.05, 0) is 19.9 Å². The van der Waals surface area contributed by atoms with E-state index in [4.69, 9.17) is 0 Å². The van der Waals surface area contributed by atoms with Crippen molar-refractivity contribution < 1.29 is 4.79 Å². The van der Waals surface area contributed by atoms with Crippen LogP contribution in [0.1, 0.15) is 21.7 Å². The van der Waals surface area contributed by atoms with Crippen molar-refractivity contribution in [2.24, 2.45) is 7.05 Å². The van der Waals surface area contributed by atoms with Gasteiger partial charge >= 0.3 is 0 Å². The first-order valence-corrected chi connectivity index (χ1v) is 8.53. The highest BCUT2D eigenvalue weighted by Crippen LogP contribution is 2.24. The molecule has 114 valence electrons. The molecule has 0 aliphatic rings. The molecule has 0 unspecified atom stereocenters. The van der Waals surface area contributed by atoms with Gasteiger partial charge in [0, 0.05) is 35.6 Å². The number of aryl methyl sites for hydroxylation is 2. The average molecular weight is 333 g/mol.